The summed E-state index contributed by atoms with van der Waals surface area (Å²) in [6.07, 6.45) is 4.50. The van der Waals surface area contributed by atoms with Crippen molar-refractivity contribution in [2.75, 3.05) is 30.9 Å². The van der Waals surface area contributed by atoms with Crippen LogP contribution in [0.5, 0.6) is 0 Å². The highest BCUT2D eigenvalue weighted by Crippen LogP contribution is 2.39. The molecule has 3 unspecified atom stereocenters. The van der Waals surface area contributed by atoms with Crippen LogP contribution >= 0.6 is 11.3 Å². The minimum Gasteiger partial charge on any atom is -0.393 e. The van der Waals surface area contributed by atoms with Gasteiger partial charge in [-0.2, -0.15) is 4.98 Å². The highest BCUT2D eigenvalue weighted by molar-refractivity contribution is 7.21. The topological polar surface area (TPSA) is 105 Å². The van der Waals surface area contributed by atoms with Crippen LogP contribution in [0.15, 0.2) is 12.3 Å². The smallest absolute Gasteiger partial charge is 0.224 e. The summed E-state index contributed by atoms with van der Waals surface area (Å²) in [4.78, 5) is 18.8. The number of fused-ring (bicyclic) bond motifs is 1. The van der Waals surface area contributed by atoms with Crippen LogP contribution in [0, 0.1) is 25.7 Å². The number of aliphatic hydroxyl groups is 1. The van der Waals surface area contributed by atoms with Gasteiger partial charge in [-0.05, 0) is 51.0 Å². The van der Waals surface area contributed by atoms with Crippen LogP contribution in [0.4, 0.5) is 11.8 Å². The first-order valence-electron chi connectivity index (χ1n) is 11.7. The summed E-state index contributed by atoms with van der Waals surface area (Å²) in [7, 11) is 1.68. The number of anilines is 2. The molecular weight excluding hydrogens is 436 g/mol. The first-order chi connectivity index (χ1) is 15.9. The molecule has 0 bridgehead atoms. The van der Waals surface area contributed by atoms with Gasteiger partial charge < -0.3 is 20.5 Å². The summed E-state index contributed by atoms with van der Waals surface area (Å²) in [5, 5.41) is 18.4. The molecule has 3 heterocycles. The number of thiazole rings is 1. The van der Waals surface area contributed by atoms with Crippen molar-refractivity contribution in [2.24, 2.45) is 11.8 Å². The van der Waals surface area contributed by atoms with Gasteiger partial charge in [0.25, 0.3) is 0 Å². The molecule has 1 aliphatic carbocycles. The van der Waals surface area contributed by atoms with Crippen LogP contribution in [0.1, 0.15) is 44.5 Å². The zero-order valence-corrected chi connectivity index (χ0v) is 20.9. The second kappa shape index (κ2) is 10.3. The molecule has 1 aliphatic rings. The van der Waals surface area contributed by atoms with Crippen molar-refractivity contribution < 1.29 is 9.84 Å². The normalized spacial score (nSPS) is 19.4. The molecule has 0 saturated heterocycles. The molecule has 3 atom stereocenters. The van der Waals surface area contributed by atoms with E-state index < -0.39 is 0 Å². The molecule has 33 heavy (non-hydrogen) atoms. The molecule has 0 aliphatic heterocycles. The maximum absolute atomic E-state index is 10.6. The number of ether oxygens (including phenoxy) is 1. The fourth-order valence-corrected chi connectivity index (χ4v) is 5.67. The lowest BCUT2D eigenvalue weighted by Gasteiger charge is -2.22. The molecule has 1 saturated carbocycles. The van der Waals surface area contributed by atoms with E-state index in [1.807, 2.05) is 26.1 Å². The van der Waals surface area contributed by atoms with E-state index in [9.17, 15) is 5.11 Å². The predicted molar refractivity (Wildman–Crippen MR) is 134 cm³/mol. The molecule has 0 radical (unpaired) electrons. The lowest BCUT2D eigenvalue weighted by Crippen LogP contribution is -2.26. The van der Waals surface area contributed by atoms with Crippen molar-refractivity contribution in [3.8, 4) is 10.6 Å². The van der Waals surface area contributed by atoms with Gasteiger partial charge in [-0.3, -0.25) is 4.98 Å². The zero-order valence-electron chi connectivity index (χ0n) is 20.1. The minimum atomic E-state index is -0.269. The third kappa shape index (κ3) is 5.26. The van der Waals surface area contributed by atoms with Gasteiger partial charge >= 0.3 is 0 Å². The zero-order chi connectivity index (χ0) is 23.5. The standard InChI is InChI=1S/C24H34N6O2S/c1-13(2)21(31)16-6-7-17(12-16)28-22-19(14(3)27-24(30-22)26-10-11-32-5)23-29-20-15(4)25-9-8-18(20)33-23/h8-9,13,16-17,21,31H,6-7,10-12H2,1-5H3,(H2,26,27,28,30). The van der Waals surface area contributed by atoms with E-state index in [-0.39, 0.29) is 18.1 Å². The van der Waals surface area contributed by atoms with Crippen LogP contribution in [0.2, 0.25) is 0 Å². The Bertz CT molecular complexity index is 1100. The van der Waals surface area contributed by atoms with Crippen molar-refractivity contribution in [1.82, 2.24) is 19.9 Å². The second-order valence-corrected chi connectivity index (χ2v) is 10.2. The quantitative estimate of drug-likeness (QED) is 0.395. The SMILES string of the molecule is COCCNc1nc(C)c(-c2nc3c(C)nccc3s2)c(NC2CCC(C(O)C(C)C)C2)n1. The van der Waals surface area contributed by atoms with E-state index in [0.29, 0.717) is 25.0 Å². The number of nitrogens with zero attached hydrogens (tertiary/aromatic N) is 4. The molecule has 0 aromatic carbocycles. The fourth-order valence-electron chi connectivity index (χ4n) is 4.56. The average molecular weight is 471 g/mol. The van der Waals surface area contributed by atoms with Crippen molar-refractivity contribution in [1.29, 1.82) is 0 Å². The van der Waals surface area contributed by atoms with Gasteiger partial charge in [0, 0.05) is 25.9 Å². The molecule has 4 rings (SSSR count). The van der Waals surface area contributed by atoms with Gasteiger partial charge in [-0.25, -0.2) is 9.97 Å². The van der Waals surface area contributed by atoms with Crippen LogP contribution in [0.25, 0.3) is 20.8 Å². The van der Waals surface area contributed by atoms with E-state index in [2.05, 4.69) is 29.5 Å². The first-order valence-corrected chi connectivity index (χ1v) is 12.5. The van der Waals surface area contributed by atoms with Gasteiger partial charge in [0.15, 0.2) is 0 Å². The number of hydrogen-bond donors (Lipinski definition) is 3. The minimum absolute atomic E-state index is 0.251. The number of aliphatic hydroxyl groups excluding tert-OH is 1. The molecule has 3 N–H and O–H groups in total. The number of aromatic nitrogens is 4. The average Bonchev–Trinajstić information content (AvgIpc) is 3.41. The van der Waals surface area contributed by atoms with Crippen molar-refractivity contribution in [2.45, 2.75) is 59.1 Å². The van der Waals surface area contributed by atoms with Gasteiger partial charge in [0.2, 0.25) is 5.95 Å². The Morgan fingerprint density at radius 2 is 2.00 bits per heavy atom. The summed E-state index contributed by atoms with van der Waals surface area (Å²) >= 11 is 1.64. The Balaban J connectivity index is 1.67. The Morgan fingerprint density at radius 3 is 2.73 bits per heavy atom. The van der Waals surface area contributed by atoms with Gasteiger partial charge in [-0.1, -0.05) is 13.8 Å². The lowest BCUT2D eigenvalue weighted by molar-refractivity contribution is 0.0669. The fraction of sp³-hybridized carbons (Fsp3) is 0.583. The molecule has 0 amide bonds. The molecule has 8 nitrogen and oxygen atoms in total. The summed E-state index contributed by atoms with van der Waals surface area (Å²) in [5.74, 6) is 1.94. The van der Waals surface area contributed by atoms with Gasteiger partial charge in [0.05, 0.1) is 34.4 Å². The van der Waals surface area contributed by atoms with E-state index in [1.165, 1.54) is 0 Å². The highest BCUT2D eigenvalue weighted by atomic mass is 32.1. The van der Waals surface area contributed by atoms with E-state index in [0.717, 1.165) is 57.3 Å². The predicted octanol–water partition coefficient (Wildman–Crippen LogP) is 4.42. The van der Waals surface area contributed by atoms with E-state index >= 15 is 0 Å². The first kappa shape index (κ1) is 23.8. The number of nitrogens with one attached hydrogen (secondary N) is 2. The molecule has 3 aromatic heterocycles. The van der Waals surface area contributed by atoms with Crippen molar-refractivity contribution >= 4 is 33.3 Å². The van der Waals surface area contributed by atoms with Crippen molar-refractivity contribution in [3.05, 3.63) is 23.7 Å². The van der Waals surface area contributed by atoms with Crippen molar-refractivity contribution in [3.63, 3.8) is 0 Å². The molecule has 3 aromatic rings. The van der Waals surface area contributed by atoms with Crippen LogP contribution in [-0.2, 0) is 4.74 Å². The Kier molecular flexibility index (Phi) is 7.41. The summed E-state index contributed by atoms with van der Waals surface area (Å²) < 4.78 is 6.25. The summed E-state index contributed by atoms with van der Waals surface area (Å²) in [6.45, 7) is 9.36. The third-order valence-electron chi connectivity index (χ3n) is 6.36. The molecule has 0 spiro atoms. The number of rotatable bonds is 9. The summed E-state index contributed by atoms with van der Waals surface area (Å²) in [6, 6.07) is 2.25. The largest absolute Gasteiger partial charge is 0.393 e. The van der Waals surface area contributed by atoms with E-state index in [1.54, 1.807) is 18.4 Å². The second-order valence-electron chi connectivity index (χ2n) is 9.19. The maximum atomic E-state index is 10.6. The molecule has 1 fully saturated rings. The maximum Gasteiger partial charge on any atom is 0.224 e. The Morgan fingerprint density at radius 1 is 1.18 bits per heavy atom. The number of hydrogen-bond acceptors (Lipinski definition) is 9. The van der Waals surface area contributed by atoms with Crippen LogP contribution in [0.3, 0.4) is 0 Å². The lowest BCUT2D eigenvalue weighted by atomic mass is 9.92. The molecule has 178 valence electrons. The number of aryl methyl sites for hydroxylation is 2. The van der Waals surface area contributed by atoms with Crippen LogP contribution < -0.4 is 10.6 Å². The molecule has 9 heteroatoms. The number of pyridine rings is 1. The highest BCUT2D eigenvalue weighted by Gasteiger charge is 2.32. The number of methoxy groups -OCH3 is 1. The summed E-state index contributed by atoms with van der Waals surface area (Å²) in [5.41, 5.74) is 3.64. The molecular formula is C24H34N6O2S. The Labute approximate surface area is 199 Å². The third-order valence-corrected chi connectivity index (χ3v) is 7.40. The van der Waals surface area contributed by atoms with E-state index in [4.69, 9.17) is 19.7 Å². The van der Waals surface area contributed by atoms with Gasteiger partial charge in [0.1, 0.15) is 16.3 Å². The Hall–Kier alpha value is -2.36. The monoisotopic (exact) mass is 470 g/mol. The van der Waals surface area contributed by atoms with Crippen LogP contribution in [-0.4, -0.2) is 57.4 Å². The van der Waals surface area contributed by atoms with Gasteiger partial charge in [-0.15, -0.1) is 11.3 Å².